The summed E-state index contributed by atoms with van der Waals surface area (Å²) in [6.07, 6.45) is 0. The van der Waals surface area contributed by atoms with Crippen molar-refractivity contribution in [2.75, 3.05) is 0 Å². The van der Waals surface area contributed by atoms with Crippen molar-refractivity contribution in [1.82, 2.24) is 14.5 Å². The number of alkyl halides is 1. The molecule has 0 spiro atoms. The molecule has 0 N–H and O–H groups in total. The zero-order valence-electron chi connectivity index (χ0n) is 10.5. The molecule has 0 saturated heterocycles. The smallest absolute Gasteiger partial charge is 0.153 e. The maximum absolute atomic E-state index is 13.7. The summed E-state index contributed by atoms with van der Waals surface area (Å²) in [5.41, 5.74) is 1.44. The van der Waals surface area contributed by atoms with E-state index < -0.39 is 11.6 Å². The maximum Gasteiger partial charge on any atom is 0.153 e. The fourth-order valence-electron chi connectivity index (χ4n) is 2.09. The van der Waals surface area contributed by atoms with E-state index in [1.807, 2.05) is 12.3 Å². The second kappa shape index (κ2) is 5.10. The van der Waals surface area contributed by atoms with Crippen LogP contribution >= 0.6 is 22.9 Å². The van der Waals surface area contributed by atoms with Gasteiger partial charge in [-0.05, 0) is 13.0 Å². The molecule has 2 heterocycles. The van der Waals surface area contributed by atoms with Crippen molar-refractivity contribution in [3.05, 3.63) is 45.7 Å². The number of rotatable bonds is 3. The third kappa shape index (κ3) is 2.29. The van der Waals surface area contributed by atoms with Gasteiger partial charge in [0, 0.05) is 17.1 Å². The van der Waals surface area contributed by atoms with Crippen LogP contribution in [0.2, 0.25) is 0 Å². The molecular formula is C13H10ClF2N3S. The van der Waals surface area contributed by atoms with E-state index in [1.165, 1.54) is 17.4 Å². The third-order valence-corrected chi connectivity index (χ3v) is 4.12. The molecule has 7 heteroatoms. The largest absolute Gasteiger partial charge is 0.320 e. The number of hydrogen-bond acceptors (Lipinski definition) is 3. The fraction of sp³-hybridized carbons (Fsp3) is 0.231. The van der Waals surface area contributed by atoms with E-state index in [9.17, 15) is 8.78 Å². The van der Waals surface area contributed by atoms with E-state index in [4.69, 9.17) is 11.6 Å². The van der Waals surface area contributed by atoms with Crippen LogP contribution in [0, 0.1) is 18.6 Å². The van der Waals surface area contributed by atoms with Crippen LogP contribution in [0.25, 0.3) is 11.0 Å². The van der Waals surface area contributed by atoms with Gasteiger partial charge in [-0.2, -0.15) is 0 Å². The van der Waals surface area contributed by atoms with Crippen LogP contribution in [-0.4, -0.2) is 14.5 Å². The lowest BCUT2D eigenvalue weighted by atomic mass is 10.3. The first-order valence-corrected chi connectivity index (χ1v) is 7.31. The van der Waals surface area contributed by atoms with Gasteiger partial charge in [-0.3, -0.25) is 0 Å². The Morgan fingerprint density at radius 2 is 2.10 bits per heavy atom. The van der Waals surface area contributed by atoms with Crippen LogP contribution in [-0.2, 0) is 12.4 Å². The Morgan fingerprint density at radius 3 is 2.75 bits per heavy atom. The van der Waals surface area contributed by atoms with Gasteiger partial charge in [0.05, 0.1) is 17.9 Å². The quantitative estimate of drug-likeness (QED) is 0.687. The zero-order valence-corrected chi connectivity index (χ0v) is 12.1. The van der Waals surface area contributed by atoms with E-state index in [-0.39, 0.29) is 11.4 Å². The fourth-order valence-corrected chi connectivity index (χ4v) is 3.05. The standard InChI is InChI=1S/C13H10ClF2N3S/c1-7-6-20-12(17-7)5-19-10-3-8(15)2-9(16)13(10)18-11(19)4-14/h2-3,6H,4-5H2,1H3. The molecule has 3 rings (SSSR count). The summed E-state index contributed by atoms with van der Waals surface area (Å²) >= 11 is 7.34. The van der Waals surface area contributed by atoms with Gasteiger partial charge in [-0.1, -0.05) is 0 Å². The Bertz CT molecular complexity index is 781. The van der Waals surface area contributed by atoms with Gasteiger partial charge >= 0.3 is 0 Å². The highest BCUT2D eigenvalue weighted by Gasteiger charge is 2.16. The lowest BCUT2D eigenvalue weighted by Gasteiger charge is -2.05. The first-order valence-electron chi connectivity index (χ1n) is 5.89. The summed E-state index contributed by atoms with van der Waals surface area (Å²) in [6.45, 7) is 2.30. The summed E-state index contributed by atoms with van der Waals surface area (Å²) < 4.78 is 28.9. The normalized spacial score (nSPS) is 11.4. The summed E-state index contributed by atoms with van der Waals surface area (Å²) in [5, 5.41) is 2.77. The Balaban J connectivity index is 2.17. The van der Waals surface area contributed by atoms with Gasteiger partial charge in [0.1, 0.15) is 22.2 Å². The number of fused-ring (bicyclic) bond motifs is 1. The van der Waals surface area contributed by atoms with Crippen LogP contribution in [0.5, 0.6) is 0 Å². The first kappa shape index (κ1) is 13.5. The molecular weight excluding hydrogens is 304 g/mol. The van der Waals surface area contributed by atoms with Crippen molar-refractivity contribution in [3.8, 4) is 0 Å². The van der Waals surface area contributed by atoms with Crippen LogP contribution in [0.15, 0.2) is 17.5 Å². The minimum Gasteiger partial charge on any atom is -0.320 e. The predicted octanol–water partition coefficient (Wildman–Crippen LogP) is 3.87. The molecule has 0 bridgehead atoms. The summed E-state index contributed by atoms with van der Waals surface area (Å²) in [6, 6.07) is 2.09. The minimum atomic E-state index is -0.680. The minimum absolute atomic E-state index is 0.125. The van der Waals surface area contributed by atoms with Crippen molar-refractivity contribution in [2.24, 2.45) is 0 Å². The number of imidazole rings is 1. The molecule has 0 atom stereocenters. The molecule has 20 heavy (non-hydrogen) atoms. The van der Waals surface area contributed by atoms with Gasteiger partial charge < -0.3 is 4.57 Å². The molecule has 1 aromatic carbocycles. The highest BCUT2D eigenvalue weighted by atomic mass is 35.5. The molecule has 0 amide bonds. The second-order valence-corrected chi connectivity index (χ2v) is 5.60. The van der Waals surface area contributed by atoms with Crippen molar-refractivity contribution in [2.45, 2.75) is 19.3 Å². The average Bonchev–Trinajstić information content (AvgIpc) is 2.95. The number of benzene rings is 1. The Morgan fingerprint density at radius 1 is 1.30 bits per heavy atom. The van der Waals surface area contributed by atoms with Crippen molar-refractivity contribution in [3.63, 3.8) is 0 Å². The average molecular weight is 314 g/mol. The first-order chi connectivity index (χ1) is 9.58. The SMILES string of the molecule is Cc1csc(Cn2c(CCl)nc3c(F)cc(F)cc32)n1. The number of aromatic nitrogens is 3. The summed E-state index contributed by atoms with van der Waals surface area (Å²) in [7, 11) is 0. The molecule has 3 aromatic rings. The molecule has 0 aliphatic rings. The Hall–Kier alpha value is -1.53. The third-order valence-electron chi connectivity index (χ3n) is 2.93. The van der Waals surface area contributed by atoms with Gasteiger partial charge in [0.2, 0.25) is 0 Å². The number of thiazole rings is 1. The lowest BCUT2D eigenvalue weighted by Crippen LogP contribution is -2.03. The van der Waals surface area contributed by atoms with E-state index in [1.54, 1.807) is 4.57 Å². The van der Waals surface area contributed by atoms with Crippen molar-refractivity contribution >= 4 is 34.0 Å². The number of halogens is 3. The highest BCUT2D eigenvalue weighted by Crippen LogP contribution is 2.23. The van der Waals surface area contributed by atoms with Crippen molar-refractivity contribution < 1.29 is 8.78 Å². The van der Waals surface area contributed by atoms with Crippen LogP contribution < -0.4 is 0 Å². The molecule has 0 aliphatic carbocycles. The second-order valence-electron chi connectivity index (χ2n) is 4.39. The van der Waals surface area contributed by atoms with Gasteiger partial charge in [-0.15, -0.1) is 22.9 Å². The number of aryl methyl sites for hydroxylation is 1. The summed E-state index contributed by atoms with van der Waals surface area (Å²) in [5.74, 6) is -0.688. The topological polar surface area (TPSA) is 30.7 Å². The molecule has 2 aromatic heterocycles. The van der Waals surface area contributed by atoms with Gasteiger partial charge in [0.25, 0.3) is 0 Å². The van der Waals surface area contributed by atoms with Crippen LogP contribution in [0.3, 0.4) is 0 Å². The Labute approximate surface area is 122 Å². The number of hydrogen-bond donors (Lipinski definition) is 0. The van der Waals surface area contributed by atoms with E-state index in [0.29, 0.717) is 17.9 Å². The Kier molecular flexibility index (Phi) is 3.43. The summed E-state index contributed by atoms with van der Waals surface area (Å²) in [4.78, 5) is 8.49. The predicted molar refractivity (Wildman–Crippen MR) is 75.2 cm³/mol. The van der Waals surface area contributed by atoms with Crippen LogP contribution in [0.4, 0.5) is 8.78 Å². The van der Waals surface area contributed by atoms with Crippen molar-refractivity contribution in [1.29, 1.82) is 0 Å². The zero-order chi connectivity index (χ0) is 14.3. The molecule has 0 radical (unpaired) electrons. The van der Waals surface area contributed by atoms with E-state index in [0.717, 1.165) is 16.8 Å². The molecule has 3 nitrogen and oxygen atoms in total. The highest BCUT2D eigenvalue weighted by molar-refractivity contribution is 7.09. The molecule has 0 fully saturated rings. The van der Waals surface area contributed by atoms with E-state index in [2.05, 4.69) is 9.97 Å². The molecule has 0 saturated carbocycles. The molecule has 104 valence electrons. The van der Waals surface area contributed by atoms with E-state index >= 15 is 0 Å². The monoisotopic (exact) mass is 313 g/mol. The van der Waals surface area contributed by atoms with Gasteiger partial charge in [-0.25, -0.2) is 18.7 Å². The van der Waals surface area contributed by atoms with Crippen LogP contribution in [0.1, 0.15) is 16.5 Å². The molecule has 0 unspecified atom stereocenters. The maximum atomic E-state index is 13.7. The van der Waals surface area contributed by atoms with Gasteiger partial charge in [0.15, 0.2) is 5.82 Å². The lowest BCUT2D eigenvalue weighted by molar-refractivity contribution is 0.590. The number of nitrogens with zero attached hydrogens (tertiary/aromatic N) is 3. The molecule has 0 aliphatic heterocycles.